The number of aromatic amines is 1. The van der Waals surface area contributed by atoms with Crippen LogP contribution in [0, 0.1) is 11.3 Å². The Bertz CT molecular complexity index is 775. The number of fused-ring (bicyclic) bond motifs is 1. The Morgan fingerprint density at radius 1 is 1.36 bits per heavy atom. The van der Waals surface area contributed by atoms with Gasteiger partial charge in [0.25, 0.3) is 11.3 Å². The summed E-state index contributed by atoms with van der Waals surface area (Å²) in [4.78, 5) is 36.5. The van der Waals surface area contributed by atoms with Gasteiger partial charge in [-0.2, -0.15) is 5.26 Å². The molecule has 2 aliphatic heterocycles. The van der Waals surface area contributed by atoms with Crippen LogP contribution >= 0.6 is 0 Å². The van der Waals surface area contributed by atoms with Crippen molar-refractivity contribution in [3.05, 3.63) is 33.1 Å². The number of hydrogen-bond acceptors (Lipinski definition) is 7. The number of hydrogen-bond donors (Lipinski definition) is 1. The normalized spacial score (nSPS) is 35.8. The summed E-state index contributed by atoms with van der Waals surface area (Å²) in [5.74, 6) is -1.03. The molecule has 116 valence electrons. The molecule has 0 saturated carbocycles. The van der Waals surface area contributed by atoms with Crippen LogP contribution in [0.5, 0.6) is 0 Å². The predicted molar refractivity (Wildman–Crippen MR) is 69.7 cm³/mol. The molecule has 2 aliphatic rings. The maximum atomic E-state index is 12.0. The minimum atomic E-state index is -1.90. The van der Waals surface area contributed by atoms with Gasteiger partial charge in [-0.25, -0.2) is 4.79 Å². The molecule has 1 N–H and O–H groups in total. The fourth-order valence-electron chi connectivity index (χ4n) is 2.80. The van der Waals surface area contributed by atoms with Crippen molar-refractivity contribution in [3.63, 3.8) is 0 Å². The van der Waals surface area contributed by atoms with Gasteiger partial charge in [-0.05, 0) is 13.8 Å². The van der Waals surface area contributed by atoms with E-state index in [1.165, 1.54) is 0 Å². The molecule has 9 heteroatoms. The Balaban J connectivity index is 2.17. The number of nitrogens with zero attached hydrogens (tertiary/aromatic N) is 2. The largest absolute Gasteiger partial charge is 0.341 e. The van der Waals surface area contributed by atoms with Crippen molar-refractivity contribution in [1.82, 2.24) is 9.55 Å². The highest BCUT2D eigenvalue weighted by Crippen LogP contribution is 2.45. The second-order valence-electron chi connectivity index (χ2n) is 5.53. The Morgan fingerprint density at radius 3 is 2.68 bits per heavy atom. The molecule has 22 heavy (non-hydrogen) atoms. The van der Waals surface area contributed by atoms with Gasteiger partial charge in [-0.1, -0.05) is 0 Å². The zero-order chi connectivity index (χ0) is 16.1. The lowest BCUT2D eigenvalue weighted by molar-refractivity contribution is -0.212. The third kappa shape index (κ3) is 1.93. The first-order valence-electron chi connectivity index (χ1n) is 6.55. The summed E-state index contributed by atoms with van der Waals surface area (Å²) in [6.07, 6.45) is -1.26. The highest BCUT2D eigenvalue weighted by Gasteiger charge is 2.65. The van der Waals surface area contributed by atoms with Crippen LogP contribution in [0.1, 0.15) is 13.8 Å². The fraction of sp³-hybridized carbons (Fsp3) is 0.538. The van der Waals surface area contributed by atoms with Crippen molar-refractivity contribution in [3.8, 4) is 6.07 Å². The van der Waals surface area contributed by atoms with E-state index in [9.17, 15) is 19.6 Å². The number of carbonyl (C=O) groups is 1. The molecule has 0 aromatic carbocycles. The zero-order valence-electron chi connectivity index (χ0n) is 11.8. The number of aromatic nitrogens is 2. The van der Waals surface area contributed by atoms with Crippen molar-refractivity contribution >= 4 is 6.29 Å². The van der Waals surface area contributed by atoms with Crippen LogP contribution in [0.4, 0.5) is 0 Å². The number of nitriles is 1. The molecule has 1 aromatic rings. The first kappa shape index (κ1) is 14.6. The van der Waals surface area contributed by atoms with Crippen LogP contribution in [0.2, 0.25) is 0 Å². The molecule has 2 fully saturated rings. The second-order valence-corrected chi connectivity index (χ2v) is 5.53. The number of H-pyrrole nitrogens is 1. The Morgan fingerprint density at radius 2 is 2.09 bits per heavy atom. The molecule has 0 aliphatic carbocycles. The van der Waals surface area contributed by atoms with E-state index in [1.54, 1.807) is 13.8 Å². The van der Waals surface area contributed by atoms with E-state index in [0.29, 0.717) is 6.29 Å². The molecule has 0 spiro atoms. The van der Waals surface area contributed by atoms with Crippen molar-refractivity contribution in [2.75, 3.05) is 0 Å². The average Bonchev–Trinajstić information content (AvgIpc) is 2.91. The van der Waals surface area contributed by atoms with Crippen LogP contribution < -0.4 is 11.2 Å². The van der Waals surface area contributed by atoms with Crippen molar-refractivity contribution in [2.24, 2.45) is 0 Å². The lowest BCUT2D eigenvalue weighted by Gasteiger charge is -2.29. The van der Waals surface area contributed by atoms with E-state index in [4.69, 9.17) is 14.2 Å². The van der Waals surface area contributed by atoms with Crippen LogP contribution in [0.3, 0.4) is 0 Å². The maximum absolute atomic E-state index is 12.0. The molecule has 0 amide bonds. The molecule has 1 aromatic heterocycles. The SMILES string of the molecule is CC1(C)OC2C(C=O)OC(C#N)(n3ccc(=O)[nH]c3=O)C2O1. The summed E-state index contributed by atoms with van der Waals surface area (Å²) in [6, 6.07) is 2.96. The highest BCUT2D eigenvalue weighted by molar-refractivity contribution is 5.59. The number of rotatable bonds is 2. The number of aldehydes is 1. The molecule has 4 unspecified atom stereocenters. The first-order valence-corrected chi connectivity index (χ1v) is 6.55. The molecule has 9 nitrogen and oxygen atoms in total. The van der Waals surface area contributed by atoms with Gasteiger partial charge in [0, 0.05) is 12.3 Å². The smallest absolute Gasteiger partial charge is 0.331 e. The van der Waals surface area contributed by atoms with Gasteiger partial charge in [0.2, 0.25) is 0 Å². The van der Waals surface area contributed by atoms with E-state index in [0.717, 1.165) is 16.8 Å². The van der Waals surface area contributed by atoms with Crippen LogP contribution in [0.15, 0.2) is 21.9 Å². The van der Waals surface area contributed by atoms with Crippen molar-refractivity contribution in [2.45, 2.75) is 43.7 Å². The topological polar surface area (TPSA) is 123 Å². The third-order valence-corrected chi connectivity index (χ3v) is 3.63. The van der Waals surface area contributed by atoms with E-state index >= 15 is 0 Å². The van der Waals surface area contributed by atoms with Crippen LogP contribution in [-0.4, -0.2) is 39.9 Å². The summed E-state index contributed by atoms with van der Waals surface area (Å²) in [6.45, 7) is 3.26. The fourth-order valence-corrected chi connectivity index (χ4v) is 2.80. The molecule has 0 bridgehead atoms. The zero-order valence-corrected chi connectivity index (χ0v) is 11.8. The summed E-state index contributed by atoms with van der Waals surface area (Å²) in [7, 11) is 0. The monoisotopic (exact) mass is 307 g/mol. The summed E-state index contributed by atoms with van der Waals surface area (Å²) >= 11 is 0. The van der Waals surface area contributed by atoms with Crippen molar-refractivity contribution < 1.29 is 19.0 Å². The Kier molecular flexibility index (Phi) is 3.07. The first-order chi connectivity index (χ1) is 10.3. The molecular formula is C13H13N3O6. The molecule has 4 atom stereocenters. The summed E-state index contributed by atoms with van der Waals surface area (Å²) in [5.41, 5.74) is -3.35. The number of carbonyl (C=O) groups excluding carboxylic acids is 1. The minimum Gasteiger partial charge on any atom is -0.341 e. The van der Waals surface area contributed by atoms with Gasteiger partial charge >= 0.3 is 5.69 Å². The lowest BCUT2D eigenvalue weighted by atomic mass is 10.0. The Labute approximate surface area is 124 Å². The average molecular weight is 307 g/mol. The second kappa shape index (κ2) is 4.61. The number of nitrogens with one attached hydrogen (secondary N) is 1. The van der Waals surface area contributed by atoms with Crippen LogP contribution in [-0.2, 0) is 24.7 Å². The van der Waals surface area contributed by atoms with Crippen LogP contribution in [0.25, 0.3) is 0 Å². The quantitative estimate of drug-likeness (QED) is 0.683. The number of ether oxygens (including phenoxy) is 3. The maximum Gasteiger partial charge on any atom is 0.331 e. The van der Waals surface area contributed by atoms with Gasteiger partial charge < -0.3 is 19.0 Å². The molecule has 3 rings (SSSR count). The molecule has 2 saturated heterocycles. The summed E-state index contributed by atoms with van der Waals surface area (Å²) < 4.78 is 17.7. The van der Waals surface area contributed by atoms with Gasteiger partial charge in [0.15, 0.2) is 18.2 Å². The van der Waals surface area contributed by atoms with E-state index in [-0.39, 0.29) is 0 Å². The van der Waals surface area contributed by atoms with Crippen molar-refractivity contribution in [1.29, 1.82) is 5.26 Å². The molecule has 0 radical (unpaired) electrons. The highest BCUT2D eigenvalue weighted by atomic mass is 16.8. The van der Waals surface area contributed by atoms with Gasteiger partial charge in [-0.15, -0.1) is 0 Å². The van der Waals surface area contributed by atoms with Gasteiger partial charge in [0.05, 0.1) is 0 Å². The van der Waals surface area contributed by atoms with Gasteiger partial charge in [-0.3, -0.25) is 14.3 Å². The predicted octanol–water partition coefficient (Wildman–Crippen LogP) is -1.17. The molecular weight excluding hydrogens is 294 g/mol. The van der Waals surface area contributed by atoms with E-state index in [1.807, 2.05) is 11.1 Å². The van der Waals surface area contributed by atoms with Gasteiger partial charge in [0.1, 0.15) is 18.3 Å². The standard InChI is InChI=1S/C13H13N3O6/c1-12(2)21-9-7(5-17)20-13(6-14,10(9)22-12)16-4-3-8(18)15-11(16)19/h3-5,7,9-10H,1-2H3,(H,15,18,19). The molecule has 3 heterocycles. The summed E-state index contributed by atoms with van der Waals surface area (Å²) in [5, 5.41) is 9.62. The van der Waals surface area contributed by atoms with E-state index in [2.05, 4.69) is 0 Å². The Hall–Kier alpha value is -2.28. The van der Waals surface area contributed by atoms with E-state index < -0.39 is 41.1 Å². The lowest BCUT2D eigenvalue weighted by Crippen LogP contribution is -2.50. The minimum absolute atomic E-state index is 0.498. The third-order valence-electron chi connectivity index (χ3n) is 3.63.